The molecule has 2 aliphatic carbocycles. The number of hydrogen-bond acceptors (Lipinski definition) is 4. The van der Waals surface area contributed by atoms with Crippen molar-refractivity contribution in [2.75, 3.05) is 24.6 Å². The van der Waals surface area contributed by atoms with Crippen molar-refractivity contribution in [1.29, 1.82) is 0 Å². The Bertz CT molecular complexity index is 417. The van der Waals surface area contributed by atoms with Gasteiger partial charge in [0.25, 0.3) is 0 Å². The first-order chi connectivity index (χ1) is 8.36. The molecule has 1 aromatic heterocycles. The molecule has 3 fully saturated rings. The molecule has 0 spiro atoms. The van der Waals surface area contributed by atoms with E-state index in [0.717, 1.165) is 25.0 Å². The number of hydrogen-bond donors (Lipinski definition) is 1. The quantitative estimate of drug-likeness (QED) is 0.844. The van der Waals surface area contributed by atoms with Crippen LogP contribution in [0.3, 0.4) is 0 Å². The maximum absolute atomic E-state index is 9.12. The van der Waals surface area contributed by atoms with E-state index in [2.05, 4.69) is 14.9 Å². The van der Waals surface area contributed by atoms with E-state index in [1.54, 1.807) is 0 Å². The van der Waals surface area contributed by atoms with Crippen molar-refractivity contribution in [2.24, 2.45) is 17.8 Å². The molecule has 1 N–H and O–H groups in total. The van der Waals surface area contributed by atoms with Gasteiger partial charge in [0.05, 0.1) is 0 Å². The predicted molar refractivity (Wildman–Crippen MR) is 63.8 cm³/mol. The van der Waals surface area contributed by atoms with Gasteiger partial charge in [-0.2, -0.15) is 0 Å². The molecule has 0 bridgehead atoms. The maximum atomic E-state index is 9.12. The second kappa shape index (κ2) is 3.42. The lowest BCUT2D eigenvalue weighted by Crippen LogP contribution is -2.26. The van der Waals surface area contributed by atoms with Crippen LogP contribution in [0, 0.1) is 17.8 Å². The van der Waals surface area contributed by atoms with Crippen LogP contribution < -0.4 is 4.90 Å². The molecule has 4 heteroatoms. The Morgan fingerprint density at radius 3 is 2.35 bits per heavy atom. The third kappa shape index (κ3) is 1.54. The van der Waals surface area contributed by atoms with Gasteiger partial charge in [-0.15, -0.1) is 0 Å². The number of aromatic nitrogens is 2. The van der Waals surface area contributed by atoms with Gasteiger partial charge in [-0.3, -0.25) is 0 Å². The number of anilines is 1. The minimum Gasteiger partial charge on any atom is -0.396 e. The summed E-state index contributed by atoms with van der Waals surface area (Å²) in [5.41, 5.74) is 1.30. The number of nitrogens with zero attached hydrogens (tertiary/aromatic N) is 3. The smallest absolute Gasteiger partial charge is 0.225 e. The molecular formula is C13H17N3O. The van der Waals surface area contributed by atoms with Gasteiger partial charge in [-0.25, -0.2) is 9.97 Å². The zero-order valence-corrected chi connectivity index (χ0v) is 9.79. The second-order valence-electron chi connectivity index (χ2n) is 5.67. The highest BCUT2D eigenvalue weighted by Crippen LogP contribution is 2.51. The van der Waals surface area contributed by atoms with E-state index in [1.807, 2.05) is 12.4 Å². The molecule has 17 heavy (non-hydrogen) atoms. The van der Waals surface area contributed by atoms with Crippen LogP contribution in [0.15, 0.2) is 12.4 Å². The van der Waals surface area contributed by atoms with Crippen molar-refractivity contribution in [2.45, 2.75) is 18.8 Å². The molecule has 0 amide bonds. The highest BCUT2D eigenvalue weighted by Gasteiger charge is 2.55. The van der Waals surface area contributed by atoms with E-state index in [9.17, 15) is 0 Å². The van der Waals surface area contributed by atoms with Crippen molar-refractivity contribution in [3.8, 4) is 0 Å². The van der Waals surface area contributed by atoms with Crippen LogP contribution in [0.1, 0.15) is 24.3 Å². The van der Waals surface area contributed by atoms with Gasteiger partial charge < -0.3 is 10.0 Å². The van der Waals surface area contributed by atoms with Crippen LogP contribution in [0.4, 0.5) is 5.95 Å². The molecule has 2 heterocycles. The minimum absolute atomic E-state index is 0.352. The minimum atomic E-state index is 0.352. The van der Waals surface area contributed by atoms with Crippen LogP contribution >= 0.6 is 0 Å². The molecule has 1 aromatic rings. The maximum Gasteiger partial charge on any atom is 0.225 e. The summed E-state index contributed by atoms with van der Waals surface area (Å²) in [7, 11) is 0. The first-order valence-electron chi connectivity index (χ1n) is 6.54. The van der Waals surface area contributed by atoms with Crippen molar-refractivity contribution < 1.29 is 5.11 Å². The summed E-state index contributed by atoms with van der Waals surface area (Å²) in [6.45, 7) is 2.40. The molecule has 0 aromatic carbocycles. The summed E-state index contributed by atoms with van der Waals surface area (Å²) in [5, 5.41) is 9.12. The summed E-state index contributed by atoms with van der Waals surface area (Å²) < 4.78 is 0. The Morgan fingerprint density at radius 1 is 1.18 bits per heavy atom. The number of aliphatic hydroxyl groups is 1. The summed E-state index contributed by atoms with van der Waals surface area (Å²) in [6, 6.07) is 0. The molecule has 2 atom stereocenters. The monoisotopic (exact) mass is 231 g/mol. The summed E-state index contributed by atoms with van der Waals surface area (Å²) >= 11 is 0. The van der Waals surface area contributed by atoms with Gasteiger partial charge >= 0.3 is 0 Å². The zero-order chi connectivity index (χ0) is 11.4. The van der Waals surface area contributed by atoms with Crippen LogP contribution in [-0.2, 0) is 0 Å². The van der Waals surface area contributed by atoms with E-state index in [4.69, 9.17) is 5.11 Å². The number of aliphatic hydroxyl groups excluding tert-OH is 1. The predicted octanol–water partition coefficient (Wildman–Crippen LogP) is 1.03. The second-order valence-corrected chi connectivity index (χ2v) is 5.67. The van der Waals surface area contributed by atoms with Crippen molar-refractivity contribution in [3.63, 3.8) is 0 Å². The van der Waals surface area contributed by atoms with Crippen LogP contribution in [0.5, 0.6) is 0 Å². The number of piperidine rings is 1. The topological polar surface area (TPSA) is 49.2 Å². The third-order valence-corrected chi connectivity index (χ3v) is 4.57. The molecule has 2 unspecified atom stereocenters. The van der Waals surface area contributed by atoms with Gasteiger partial charge in [0.2, 0.25) is 5.95 Å². The van der Waals surface area contributed by atoms with Crippen molar-refractivity contribution >= 4 is 5.95 Å². The lowest BCUT2D eigenvalue weighted by Gasteiger charge is -2.19. The van der Waals surface area contributed by atoms with Crippen LogP contribution in [0.2, 0.25) is 0 Å². The highest BCUT2D eigenvalue weighted by atomic mass is 16.3. The summed E-state index contributed by atoms with van der Waals surface area (Å²) in [4.78, 5) is 11.2. The van der Waals surface area contributed by atoms with Gasteiger partial charge in [-0.05, 0) is 42.1 Å². The number of fused-ring (bicyclic) bond motifs is 1. The Kier molecular flexibility index (Phi) is 1.98. The standard InChI is InChI=1S/C13H17N3O/c17-7-12-10-5-16(6-11(10)12)13-14-3-9(4-15-13)8-1-2-8/h3-4,8,10-12,17H,1-2,5-7H2. The molecule has 2 saturated carbocycles. The van der Waals surface area contributed by atoms with E-state index >= 15 is 0 Å². The van der Waals surface area contributed by atoms with Crippen molar-refractivity contribution in [3.05, 3.63) is 18.0 Å². The van der Waals surface area contributed by atoms with Gasteiger partial charge in [-0.1, -0.05) is 0 Å². The molecule has 3 aliphatic rings. The molecular weight excluding hydrogens is 214 g/mol. The van der Waals surface area contributed by atoms with Crippen molar-refractivity contribution in [1.82, 2.24) is 9.97 Å². The highest BCUT2D eigenvalue weighted by molar-refractivity contribution is 5.36. The third-order valence-electron chi connectivity index (χ3n) is 4.57. The average molecular weight is 231 g/mol. The fourth-order valence-electron chi connectivity index (χ4n) is 3.21. The Hall–Kier alpha value is -1.16. The fourth-order valence-corrected chi connectivity index (χ4v) is 3.21. The largest absolute Gasteiger partial charge is 0.396 e. The molecule has 1 saturated heterocycles. The lowest BCUT2D eigenvalue weighted by molar-refractivity contribution is 0.260. The van der Waals surface area contributed by atoms with E-state index in [0.29, 0.717) is 24.4 Å². The van der Waals surface area contributed by atoms with Gasteiger partial charge in [0.1, 0.15) is 0 Å². The fraction of sp³-hybridized carbons (Fsp3) is 0.692. The summed E-state index contributed by atoms with van der Waals surface area (Å²) in [5.74, 6) is 3.53. The van der Waals surface area contributed by atoms with Crippen LogP contribution in [-0.4, -0.2) is 34.8 Å². The average Bonchev–Trinajstić information content (AvgIpc) is 3.28. The van der Waals surface area contributed by atoms with Crippen LogP contribution in [0.25, 0.3) is 0 Å². The van der Waals surface area contributed by atoms with E-state index in [-0.39, 0.29) is 0 Å². The molecule has 4 rings (SSSR count). The first-order valence-corrected chi connectivity index (χ1v) is 6.54. The molecule has 0 radical (unpaired) electrons. The van der Waals surface area contributed by atoms with Gasteiger partial charge in [0.15, 0.2) is 0 Å². The molecule has 4 nitrogen and oxygen atoms in total. The Balaban J connectivity index is 1.46. The molecule has 1 aliphatic heterocycles. The Morgan fingerprint density at radius 2 is 1.82 bits per heavy atom. The Labute approximate surface area is 101 Å². The first kappa shape index (κ1) is 9.83. The lowest BCUT2D eigenvalue weighted by atomic mass is 10.2. The normalized spacial score (nSPS) is 34.9. The van der Waals surface area contributed by atoms with E-state index in [1.165, 1.54) is 18.4 Å². The SMILES string of the molecule is OCC1C2CN(c3ncc(C4CC4)cn3)CC12. The van der Waals surface area contributed by atoms with Gasteiger partial charge in [0, 0.05) is 32.1 Å². The summed E-state index contributed by atoms with van der Waals surface area (Å²) in [6.07, 6.45) is 6.59. The van der Waals surface area contributed by atoms with E-state index < -0.39 is 0 Å². The number of rotatable bonds is 3. The zero-order valence-electron chi connectivity index (χ0n) is 9.79. The molecule has 90 valence electrons.